The number of Topliss-reactive ketones (excluding diaryl/α,β-unsaturated/α-hetero) is 1. The van der Waals surface area contributed by atoms with Gasteiger partial charge in [-0.25, -0.2) is 0 Å². The highest BCUT2D eigenvalue weighted by Gasteiger charge is 2.20. The molecule has 5 nitrogen and oxygen atoms in total. The van der Waals surface area contributed by atoms with Crippen molar-refractivity contribution in [2.24, 2.45) is 5.92 Å². The lowest BCUT2D eigenvalue weighted by molar-refractivity contribution is -0.151. The third-order valence-electron chi connectivity index (χ3n) is 1.37. The van der Waals surface area contributed by atoms with E-state index in [0.717, 1.165) is 0 Å². The molecule has 0 amide bonds. The van der Waals surface area contributed by atoms with Gasteiger partial charge in [0.05, 0.1) is 5.92 Å². The Balaban J connectivity index is 4.02. The third-order valence-corrected chi connectivity index (χ3v) is 1.37. The summed E-state index contributed by atoms with van der Waals surface area (Å²) in [4.78, 5) is 31.5. The number of rotatable bonds is 5. The molecule has 74 valence electrons. The first-order chi connectivity index (χ1) is 5.93. The van der Waals surface area contributed by atoms with Gasteiger partial charge in [0.1, 0.15) is 12.4 Å². The van der Waals surface area contributed by atoms with E-state index in [1.807, 2.05) is 0 Å². The molecule has 0 heterocycles. The number of aliphatic carboxylic acids is 1. The van der Waals surface area contributed by atoms with Crippen molar-refractivity contribution < 1.29 is 24.2 Å². The first-order valence-corrected chi connectivity index (χ1v) is 3.79. The van der Waals surface area contributed by atoms with Gasteiger partial charge in [0.2, 0.25) is 0 Å². The van der Waals surface area contributed by atoms with Crippen molar-refractivity contribution in [1.29, 1.82) is 0 Å². The monoisotopic (exact) mass is 188 g/mol. The molecule has 0 aromatic heterocycles. The molecule has 1 atom stereocenters. The van der Waals surface area contributed by atoms with Crippen LogP contribution in [0.4, 0.5) is 0 Å². The van der Waals surface area contributed by atoms with Gasteiger partial charge >= 0.3 is 11.9 Å². The van der Waals surface area contributed by atoms with Gasteiger partial charge in [0.15, 0.2) is 0 Å². The Labute approximate surface area is 75.7 Å². The van der Waals surface area contributed by atoms with Gasteiger partial charge in [-0.15, -0.1) is 0 Å². The Morgan fingerprint density at radius 3 is 2.15 bits per heavy atom. The molecule has 0 saturated carbocycles. The SMILES string of the molecule is CC(=O)C[C@H](COC(C)=O)C(=O)O. The van der Waals surface area contributed by atoms with Gasteiger partial charge in [-0.2, -0.15) is 0 Å². The highest BCUT2D eigenvalue weighted by molar-refractivity contribution is 5.82. The third kappa shape index (κ3) is 5.84. The van der Waals surface area contributed by atoms with Crippen LogP contribution < -0.4 is 0 Å². The lowest BCUT2D eigenvalue weighted by atomic mass is 10.1. The number of hydrogen-bond acceptors (Lipinski definition) is 4. The molecule has 0 fully saturated rings. The molecule has 0 saturated heterocycles. The predicted octanol–water partition coefficient (Wildman–Crippen LogP) is 0.229. The standard InChI is InChI=1S/C8H12O5/c1-5(9)3-7(8(11)12)4-13-6(2)10/h7H,3-4H2,1-2H3,(H,11,12)/t7-/m1/s1. The van der Waals surface area contributed by atoms with Crippen LogP contribution in [0.5, 0.6) is 0 Å². The minimum atomic E-state index is -1.13. The van der Waals surface area contributed by atoms with Crippen LogP contribution in [0.15, 0.2) is 0 Å². The maximum atomic E-state index is 10.6. The van der Waals surface area contributed by atoms with Crippen LogP contribution in [-0.2, 0) is 19.1 Å². The van der Waals surface area contributed by atoms with Crippen LogP contribution in [0.1, 0.15) is 20.3 Å². The number of hydrogen-bond donors (Lipinski definition) is 1. The van der Waals surface area contributed by atoms with Crippen molar-refractivity contribution in [1.82, 2.24) is 0 Å². The smallest absolute Gasteiger partial charge is 0.310 e. The van der Waals surface area contributed by atoms with Gasteiger partial charge < -0.3 is 9.84 Å². The molecule has 0 bridgehead atoms. The fourth-order valence-electron chi connectivity index (χ4n) is 0.782. The van der Waals surface area contributed by atoms with Crippen LogP contribution in [0.3, 0.4) is 0 Å². The summed E-state index contributed by atoms with van der Waals surface area (Å²) in [6.45, 7) is 2.24. The summed E-state index contributed by atoms with van der Waals surface area (Å²) in [7, 11) is 0. The molecule has 13 heavy (non-hydrogen) atoms. The van der Waals surface area contributed by atoms with Crippen molar-refractivity contribution in [3.63, 3.8) is 0 Å². The van der Waals surface area contributed by atoms with Gasteiger partial charge in [-0.1, -0.05) is 0 Å². The van der Waals surface area contributed by atoms with Crippen LogP contribution in [-0.4, -0.2) is 29.4 Å². The second kappa shape index (κ2) is 5.29. The Kier molecular flexibility index (Phi) is 4.72. The summed E-state index contributed by atoms with van der Waals surface area (Å²) in [6, 6.07) is 0. The topological polar surface area (TPSA) is 80.7 Å². The van der Waals surface area contributed by atoms with Crippen LogP contribution in [0.2, 0.25) is 0 Å². The van der Waals surface area contributed by atoms with E-state index < -0.39 is 17.9 Å². The molecule has 0 aromatic rings. The van der Waals surface area contributed by atoms with Crippen LogP contribution in [0, 0.1) is 5.92 Å². The van der Waals surface area contributed by atoms with Crippen LogP contribution in [0.25, 0.3) is 0 Å². The van der Waals surface area contributed by atoms with E-state index in [0.29, 0.717) is 0 Å². The average molecular weight is 188 g/mol. The molecule has 0 unspecified atom stereocenters. The van der Waals surface area contributed by atoms with Crippen LogP contribution >= 0.6 is 0 Å². The normalized spacial score (nSPS) is 11.8. The zero-order valence-corrected chi connectivity index (χ0v) is 7.57. The lowest BCUT2D eigenvalue weighted by Gasteiger charge is -2.09. The predicted molar refractivity (Wildman–Crippen MR) is 43.1 cm³/mol. The maximum absolute atomic E-state index is 10.6. The van der Waals surface area contributed by atoms with E-state index in [-0.39, 0.29) is 18.8 Å². The number of esters is 1. The Morgan fingerprint density at radius 1 is 1.31 bits per heavy atom. The molecular formula is C8H12O5. The summed E-state index contributed by atoms with van der Waals surface area (Å²) in [5.74, 6) is -2.84. The molecule has 0 radical (unpaired) electrons. The number of carboxylic acid groups (broad SMARTS) is 1. The molecule has 0 aliphatic rings. The molecule has 0 aromatic carbocycles. The quantitative estimate of drug-likeness (QED) is 0.624. The summed E-state index contributed by atoms with van der Waals surface area (Å²) in [6.07, 6.45) is -0.109. The Morgan fingerprint density at radius 2 is 1.85 bits per heavy atom. The number of ether oxygens (including phenoxy) is 1. The van der Waals surface area contributed by atoms with Crippen molar-refractivity contribution in [2.45, 2.75) is 20.3 Å². The molecule has 0 rings (SSSR count). The summed E-state index contributed by atoms with van der Waals surface area (Å²) in [5, 5.41) is 8.59. The summed E-state index contributed by atoms with van der Waals surface area (Å²) in [5.41, 5.74) is 0. The van der Waals surface area contributed by atoms with E-state index in [1.165, 1.54) is 13.8 Å². The fourth-order valence-corrected chi connectivity index (χ4v) is 0.782. The van der Waals surface area contributed by atoms with Crippen molar-refractivity contribution in [3.8, 4) is 0 Å². The van der Waals surface area contributed by atoms with Crippen molar-refractivity contribution in [3.05, 3.63) is 0 Å². The molecule has 0 spiro atoms. The lowest BCUT2D eigenvalue weighted by Crippen LogP contribution is -2.23. The minimum absolute atomic E-state index is 0.109. The second-order valence-electron chi connectivity index (χ2n) is 2.74. The first kappa shape index (κ1) is 11.6. The first-order valence-electron chi connectivity index (χ1n) is 3.79. The number of ketones is 1. The van der Waals surface area contributed by atoms with E-state index in [4.69, 9.17) is 5.11 Å². The average Bonchev–Trinajstić information content (AvgIpc) is 1.96. The number of carboxylic acids is 1. The Hall–Kier alpha value is -1.39. The Bertz CT molecular complexity index is 221. The van der Waals surface area contributed by atoms with E-state index in [9.17, 15) is 14.4 Å². The molecular weight excluding hydrogens is 176 g/mol. The second-order valence-corrected chi connectivity index (χ2v) is 2.74. The molecule has 0 aliphatic carbocycles. The molecule has 5 heteroatoms. The minimum Gasteiger partial charge on any atom is -0.481 e. The largest absolute Gasteiger partial charge is 0.481 e. The fraction of sp³-hybridized carbons (Fsp3) is 0.625. The van der Waals surface area contributed by atoms with E-state index >= 15 is 0 Å². The highest BCUT2D eigenvalue weighted by atomic mass is 16.5. The summed E-state index contributed by atoms with van der Waals surface area (Å²) < 4.78 is 4.49. The van der Waals surface area contributed by atoms with E-state index in [1.54, 1.807) is 0 Å². The van der Waals surface area contributed by atoms with Crippen molar-refractivity contribution >= 4 is 17.7 Å². The van der Waals surface area contributed by atoms with Gasteiger partial charge in [0.25, 0.3) is 0 Å². The van der Waals surface area contributed by atoms with Crippen molar-refractivity contribution in [2.75, 3.05) is 6.61 Å². The highest BCUT2D eigenvalue weighted by Crippen LogP contribution is 2.05. The zero-order valence-electron chi connectivity index (χ0n) is 7.57. The molecule has 0 aliphatic heterocycles. The summed E-state index contributed by atoms with van der Waals surface area (Å²) >= 11 is 0. The maximum Gasteiger partial charge on any atom is 0.310 e. The molecule has 1 N–H and O–H groups in total. The van der Waals surface area contributed by atoms with Gasteiger partial charge in [0, 0.05) is 13.3 Å². The van der Waals surface area contributed by atoms with Gasteiger partial charge in [-0.05, 0) is 6.92 Å². The van der Waals surface area contributed by atoms with Gasteiger partial charge in [-0.3, -0.25) is 14.4 Å². The number of carbonyl (C=O) groups excluding carboxylic acids is 2. The number of carbonyl (C=O) groups is 3. The van der Waals surface area contributed by atoms with E-state index in [2.05, 4.69) is 4.74 Å². The zero-order chi connectivity index (χ0) is 10.4.